The smallest absolute Gasteiger partial charge is 0.230 e. The lowest BCUT2D eigenvalue weighted by Crippen LogP contribution is -2.35. The fourth-order valence-electron chi connectivity index (χ4n) is 5.67. The molecule has 0 saturated heterocycles. The first kappa shape index (κ1) is 23.4. The van der Waals surface area contributed by atoms with Crippen LogP contribution in [0.3, 0.4) is 0 Å². The van der Waals surface area contributed by atoms with Crippen LogP contribution in [0.5, 0.6) is 0 Å². The van der Waals surface area contributed by atoms with Crippen molar-refractivity contribution < 1.29 is 4.79 Å². The molecule has 6 heteroatoms. The second-order valence-electron chi connectivity index (χ2n) is 9.92. The molecule has 1 N–H and O–H groups in total. The third kappa shape index (κ3) is 5.65. The number of aromatic nitrogens is 3. The van der Waals surface area contributed by atoms with E-state index < -0.39 is 0 Å². The SMILES string of the molecule is O=C(CSc1nnc(Cc2cccc3ccccc23)n1C1CCCCC1)NC1CCCCCC1. The second-order valence-corrected chi connectivity index (χ2v) is 10.9. The van der Waals surface area contributed by atoms with Crippen molar-refractivity contribution in [2.45, 2.75) is 94.3 Å². The molecule has 2 saturated carbocycles. The molecule has 180 valence electrons. The van der Waals surface area contributed by atoms with Crippen molar-refractivity contribution >= 4 is 28.4 Å². The Kier molecular flexibility index (Phi) is 7.84. The van der Waals surface area contributed by atoms with E-state index in [9.17, 15) is 4.79 Å². The Morgan fingerprint density at radius 2 is 1.59 bits per heavy atom. The predicted molar refractivity (Wildman–Crippen MR) is 139 cm³/mol. The van der Waals surface area contributed by atoms with E-state index in [1.807, 2.05) is 0 Å². The molecular weight excluding hydrogens is 440 g/mol. The van der Waals surface area contributed by atoms with E-state index in [1.54, 1.807) is 11.8 Å². The van der Waals surface area contributed by atoms with Crippen molar-refractivity contribution in [3.8, 4) is 0 Å². The normalized spacial score (nSPS) is 18.1. The monoisotopic (exact) mass is 476 g/mol. The molecule has 34 heavy (non-hydrogen) atoms. The largest absolute Gasteiger partial charge is 0.353 e. The summed E-state index contributed by atoms with van der Waals surface area (Å²) in [5.41, 5.74) is 1.28. The lowest BCUT2D eigenvalue weighted by molar-refractivity contribution is -0.119. The van der Waals surface area contributed by atoms with Crippen molar-refractivity contribution in [2.24, 2.45) is 0 Å². The van der Waals surface area contributed by atoms with Gasteiger partial charge < -0.3 is 9.88 Å². The quantitative estimate of drug-likeness (QED) is 0.314. The summed E-state index contributed by atoms with van der Waals surface area (Å²) < 4.78 is 2.37. The van der Waals surface area contributed by atoms with E-state index in [-0.39, 0.29) is 5.91 Å². The van der Waals surface area contributed by atoms with E-state index in [1.165, 1.54) is 74.1 Å². The maximum Gasteiger partial charge on any atom is 0.230 e. The average Bonchev–Trinajstić information content (AvgIpc) is 3.09. The predicted octanol–water partition coefficient (Wildman–Crippen LogP) is 6.46. The number of hydrogen-bond acceptors (Lipinski definition) is 4. The van der Waals surface area contributed by atoms with Gasteiger partial charge >= 0.3 is 0 Å². The van der Waals surface area contributed by atoms with Crippen LogP contribution in [0.4, 0.5) is 0 Å². The molecule has 0 spiro atoms. The van der Waals surface area contributed by atoms with Gasteiger partial charge in [0.25, 0.3) is 0 Å². The summed E-state index contributed by atoms with van der Waals surface area (Å²) in [6.45, 7) is 0. The van der Waals surface area contributed by atoms with Gasteiger partial charge in [-0.15, -0.1) is 10.2 Å². The van der Waals surface area contributed by atoms with E-state index >= 15 is 0 Å². The molecule has 0 radical (unpaired) electrons. The molecule has 5 nitrogen and oxygen atoms in total. The highest BCUT2D eigenvalue weighted by Crippen LogP contribution is 2.34. The minimum Gasteiger partial charge on any atom is -0.353 e. The van der Waals surface area contributed by atoms with E-state index in [4.69, 9.17) is 0 Å². The number of amides is 1. The zero-order chi connectivity index (χ0) is 23.2. The number of nitrogens with one attached hydrogen (secondary N) is 1. The number of hydrogen-bond donors (Lipinski definition) is 1. The van der Waals surface area contributed by atoms with Crippen LogP contribution in [0.15, 0.2) is 47.6 Å². The molecule has 3 aromatic rings. The van der Waals surface area contributed by atoms with Gasteiger partial charge in [0.1, 0.15) is 5.82 Å². The van der Waals surface area contributed by atoms with Crippen molar-refractivity contribution in [2.75, 3.05) is 5.75 Å². The Morgan fingerprint density at radius 1 is 0.882 bits per heavy atom. The minimum absolute atomic E-state index is 0.130. The highest BCUT2D eigenvalue weighted by atomic mass is 32.2. The van der Waals surface area contributed by atoms with Crippen LogP contribution in [-0.4, -0.2) is 32.5 Å². The van der Waals surface area contributed by atoms with Crippen LogP contribution < -0.4 is 5.32 Å². The van der Waals surface area contributed by atoms with Crippen molar-refractivity contribution in [1.29, 1.82) is 0 Å². The highest BCUT2D eigenvalue weighted by molar-refractivity contribution is 7.99. The van der Waals surface area contributed by atoms with Crippen LogP contribution in [0.25, 0.3) is 10.8 Å². The standard InChI is InChI=1S/C28H36N4OS/c33-27(29-23-14-4-1-2-5-15-23)20-34-28-31-30-26(32(28)24-16-6-3-7-17-24)19-22-13-10-12-21-11-8-9-18-25(21)22/h8-13,18,23-24H,1-7,14-17,19-20H2,(H,29,33). The number of nitrogens with zero attached hydrogens (tertiary/aromatic N) is 3. The highest BCUT2D eigenvalue weighted by Gasteiger charge is 2.24. The fraction of sp³-hybridized carbons (Fsp3) is 0.536. The lowest BCUT2D eigenvalue weighted by Gasteiger charge is -2.26. The van der Waals surface area contributed by atoms with Crippen molar-refractivity contribution in [3.63, 3.8) is 0 Å². The first-order valence-electron chi connectivity index (χ1n) is 13.1. The molecule has 5 rings (SSSR count). The Balaban J connectivity index is 1.33. The summed E-state index contributed by atoms with van der Waals surface area (Å²) in [6, 6.07) is 15.8. The zero-order valence-electron chi connectivity index (χ0n) is 20.0. The van der Waals surface area contributed by atoms with Gasteiger partial charge in [0.15, 0.2) is 5.16 Å². The van der Waals surface area contributed by atoms with Crippen LogP contribution in [0, 0.1) is 0 Å². The average molecular weight is 477 g/mol. The Morgan fingerprint density at radius 3 is 2.41 bits per heavy atom. The van der Waals surface area contributed by atoms with Gasteiger partial charge in [-0.3, -0.25) is 4.79 Å². The molecule has 0 aliphatic heterocycles. The van der Waals surface area contributed by atoms with Crippen LogP contribution in [0.1, 0.15) is 88.1 Å². The molecule has 0 bridgehead atoms. The first-order valence-corrected chi connectivity index (χ1v) is 14.1. The number of rotatable bonds is 7. The minimum atomic E-state index is 0.130. The van der Waals surface area contributed by atoms with Gasteiger partial charge in [-0.1, -0.05) is 99.2 Å². The molecule has 2 aliphatic rings. The molecule has 2 aromatic carbocycles. The maximum atomic E-state index is 12.7. The van der Waals surface area contributed by atoms with Crippen LogP contribution >= 0.6 is 11.8 Å². The van der Waals surface area contributed by atoms with E-state index in [0.29, 0.717) is 17.8 Å². The second kappa shape index (κ2) is 11.4. The van der Waals surface area contributed by atoms with Gasteiger partial charge in [0.05, 0.1) is 5.75 Å². The van der Waals surface area contributed by atoms with E-state index in [2.05, 4.69) is 62.5 Å². The summed E-state index contributed by atoms with van der Waals surface area (Å²) in [4.78, 5) is 12.7. The van der Waals surface area contributed by atoms with Gasteiger partial charge in [0.2, 0.25) is 5.91 Å². The zero-order valence-corrected chi connectivity index (χ0v) is 20.9. The summed E-state index contributed by atoms with van der Waals surface area (Å²) in [5, 5.41) is 16.0. The van der Waals surface area contributed by atoms with Crippen LogP contribution in [0.2, 0.25) is 0 Å². The molecule has 1 heterocycles. The Labute approximate surface area is 207 Å². The third-order valence-electron chi connectivity index (χ3n) is 7.46. The van der Waals surface area contributed by atoms with E-state index in [0.717, 1.165) is 30.2 Å². The van der Waals surface area contributed by atoms with Gasteiger partial charge in [-0.25, -0.2) is 0 Å². The van der Waals surface area contributed by atoms with Crippen LogP contribution in [-0.2, 0) is 11.2 Å². The van der Waals surface area contributed by atoms with Crippen molar-refractivity contribution in [1.82, 2.24) is 20.1 Å². The van der Waals surface area contributed by atoms with Crippen molar-refractivity contribution in [3.05, 3.63) is 53.9 Å². The maximum absolute atomic E-state index is 12.7. The Bertz CT molecular complexity index is 1090. The number of benzene rings is 2. The molecular formula is C28H36N4OS. The summed E-state index contributed by atoms with van der Waals surface area (Å²) >= 11 is 1.55. The van der Waals surface area contributed by atoms with Gasteiger partial charge in [-0.2, -0.15) is 0 Å². The number of carbonyl (C=O) groups is 1. The number of thioether (sulfide) groups is 1. The molecule has 1 aromatic heterocycles. The van der Waals surface area contributed by atoms with Gasteiger partial charge in [-0.05, 0) is 42.0 Å². The number of carbonyl (C=O) groups excluding carboxylic acids is 1. The summed E-state index contributed by atoms with van der Waals surface area (Å²) in [6.07, 6.45) is 14.2. The van der Waals surface area contributed by atoms with Gasteiger partial charge in [0, 0.05) is 18.5 Å². The number of fused-ring (bicyclic) bond motifs is 1. The molecule has 1 amide bonds. The molecule has 0 unspecified atom stereocenters. The topological polar surface area (TPSA) is 59.8 Å². The Hall–Kier alpha value is -2.34. The fourth-order valence-corrected chi connectivity index (χ4v) is 6.51. The summed E-state index contributed by atoms with van der Waals surface area (Å²) in [5.74, 6) is 1.57. The molecule has 0 atom stereocenters. The summed E-state index contributed by atoms with van der Waals surface area (Å²) in [7, 11) is 0. The first-order chi connectivity index (χ1) is 16.8. The lowest BCUT2D eigenvalue weighted by atomic mass is 9.95. The molecule has 2 aliphatic carbocycles. The molecule has 2 fully saturated rings. The third-order valence-corrected chi connectivity index (χ3v) is 8.40.